The van der Waals surface area contributed by atoms with Gasteiger partial charge in [-0.05, 0) is 34.6 Å². The maximum atomic E-state index is 14.4. The number of para-hydroxylation sites is 1. The van der Waals surface area contributed by atoms with Crippen LogP contribution in [0.2, 0.25) is 0 Å². The van der Waals surface area contributed by atoms with Gasteiger partial charge in [0.2, 0.25) is 0 Å². The summed E-state index contributed by atoms with van der Waals surface area (Å²) in [5.74, 6) is 0. The molecule has 0 saturated carbocycles. The summed E-state index contributed by atoms with van der Waals surface area (Å²) in [6.07, 6.45) is -1.47. The fourth-order valence-electron chi connectivity index (χ4n) is 4.97. The Bertz CT molecular complexity index is 1010. The van der Waals surface area contributed by atoms with Crippen LogP contribution in [0.25, 0.3) is 6.08 Å². The van der Waals surface area contributed by atoms with Gasteiger partial charge >= 0.3 is 6.18 Å². The highest BCUT2D eigenvalue weighted by Crippen LogP contribution is 2.43. The van der Waals surface area contributed by atoms with E-state index in [0.29, 0.717) is 25.4 Å². The summed E-state index contributed by atoms with van der Waals surface area (Å²) < 4.78 is 48.5. The quantitative estimate of drug-likeness (QED) is 0.612. The number of rotatable bonds is 7. The van der Waals surface area contributed by atoms with Crippen LogP contribution in [0.15, 0.2) is 54.6 Å². The van der Waals surface area contributed by atoms with Gasteiger partial charge in [0.25, 0.3) is 0 Å². The summed E-state index contributed by atoms with van der Waals surface area (Å²) in [6.45, 7) is 7.16. The highest BCUT2D eigenvalue weighted by Gasteiger charge is 2.56. The Morgan fingerprint density at radius 1 is 1.00 bits per heavy atom. The zero-order chi connectivity index (χ0) is 24.4. The molecule has 0 amide bonds. The molecule has 34 heavy (non-hydrogen) atoms. The molecule has 4 nitrogen and oxygen atoms in total. The lowest BCUT2D eigenvalue weighted by atomic mass is 9.74. The van der Waals surface area contributed by atoms with Gasteiger partial charge in [-0.2, -0.15) is 13.2 Å². The average molecular weight is 475 g/mol. The molecule has 2 aliphatic heterocycles. The van der Waals surface area contributed by atoms with Crippen LogP contribution in [0.1, 0.15) is 37.0 Å². The molecule has 1 saturated heterocycles. The summed E-state index contributed by atoms with van der Waals surface area (Å²) in [7, 11) is 0. The predicted octanol–water partition coefficient (Wildman–Crippen LogP) is 5.01. The molecule has 0 spiro atoms. The van der Waals surface area contributed by atoms with Crippen LogP contribution in [0.5, 0.6) is 0 Å². The van der Waals surface area contributed by atoms with E-state index in [9.17, 15) is 18.3 Å². The van der Waals surface area contributed by atoms with Crippen LogP contribution in [-0.2, 0) is 16.7 Å². The van der Waals surface area contributed by atoms with E-state index in [0.717, 1.165) is 36.3 Å². The van der Waals surface area contributed by atoms with Crippen molar-refractivity contribution >= 4 is 11.8 Å². The molecule has 2 aromatic carbocycles. The number of benzene rings is 2. The van der Waals surface area contributed by atoms with Gasteiger partial charge in [0, 0.05) is 31.9 Å². The van der Waals surface area contributed by atoms with Gasteiger partial charge in [-0.3, -0.25) is 4.90 Å². The Labute approximate surface area is 199 Å². The van der Waals surface area contributed by atoms with Gasteiger partial charge in [0.15, 0.2) is 5.60 Å². The second kappa shape index (κ2) is 9.72. The molecule has 2 aromatic rings. The fourth-order valence-corrected chi connectivity index (χ4v) is 4.97. The number of hydrogen-bond donors (Lipinski definition) is 1. The number of anilines is 1. The molecule has 2 heterocycles. The first kappa shape index (κ1) is 24.8. The molecule has 1 unspecified atom stereocenters. The van der Waals surface area contributed by atoms with E-state index in [-0.39, 0.29) is 0 Å². The number of nitrogens with zero attached hydrogens (tertiary/aromatic N) is 2. The first-order valence-electron chi connectivity index (χ1n) is 11.8. The van der Waals surface area contributed by atoms with Crippen molar-refractivity contribution < 1.29 is 23.0 Å². The molecule has 1 N–H and O–H groups in total. The molecule has 0 aliphatic carbocycles. The molecule has 0 bridgehead atoms. The normalized spacial score (nSPS) is 19.1. The number of halogens is 3. The van der Waals surface area contributed by atoms with Crippen LogP contribution < -0.4 is 4.90 Å². The third kappa shape index (κ3) is 5.48. The molecule has 7 heteroatoms. The SMILES string of the molecule is CC(C)(CC(O)(CN1CC=Cc2ccccc21)C(F)(F)F)c1cccc(CN2CCOCC2)c1. The highest BCUT2D eigenvalue weighted by atomic mass is 19.4. The van der Waals surface area contributed by atoms with E-state index in [2.05, 4.69) is 4.90 Å². The van der Waals surface area contributed by atoms with Crippen LogP contribution in [-0.4, -0.2) is 61.2 Å². The smallest absolute Gasteiger partial charge is 0.379 e. The lowest BCUT2D eigenvalue weighted by Gasteiger charge is -2.42. The van der Waals surface area contributed by atoms with Crippen molar-refractivity contribution in [2.45, 2.75) is 44.0 Å². The highest BCUT2D eigenvalue weighted by molar-refractivity contribution is 5.71. The zero-order valence-corrected chi connectivity index (χ0v) is 19.8. The molecule has 184 valence electrons. The number of hydrogen-bond acceptors (Lipinski definition) is 4. The summed E-state index contributed by atoms with van der Waals surface area (Å²) in [5.41, 5.74) is -0.352. The number of fused-ring (bicyclic) bond motifs is 1. The first-order valence-corrected chi connectivity index (χ1v) is 11.8. The number of β-amino-alcohol motifs (C(OH)–C–C–N with tert-alkyl or cyclic N) is 1. The van der Waals surface area contributed by atoms with Crippen LogP contribution in [0, 0.1) is 0 Å². The Balaban J connectivity index is 1.56. The van der Waals surface area contributed by atoms with Crippen LogP contribution in [0.4, 0.5) is 18.9 Å². The third-order valence-corrected chi connectivity index (χ3v) is 6.83. The standard InChI is InChI=1S/C27H33F3N2O2/c1-25(2,23-10-5-7-21(17-23)18-31-13-15-34-16-14-31)19-26(33,27(28,29)30)20-32-12-6-9-22-8-3-4-11-24(22)32/h3-11,17,33H,12-16,18-20H2,1-2H3. The monoisotopic (exact) mass is 474 g/mol. The Morgan fingerprint density at radius 3 is 2.47 bits per heavy atom. The average Bonchev–Trinajstić information content (AvgIpc) is 2.79. The largest absolute Gasteiger partial charge is 0.418 e. The minimum Gasteiger partial charge on any atom is -0.379 e. The lowest BCUT2D eigenvalue weighted by molar-refractivity contribution is -0.262. The van der Waals surface area contributed by atoms with Crippen molar-refractivity contribution in [1.82, 2.24) is 4.90 Å². The van der Waals surface area contributed by atoms with Crippen molar-refractivity contribution in [3.8, 4) is 0 Å². The molecule has 0 aromatic heterocycles. The first-order chi connectivity index (χ1) is 16.1. The molecular weight excluding hydrogens is 441 g/mol. The van der Waals surface area contributed by atoms with E-state index in [1.807, 2.05) is 54.6 Å². The minimum atomic E-state index is -4.77. The fraction of sp³-hybridized carbons (Fsp3) is 0.481. The van der Waals surface area contributed by atoms with Gasteiger partial charge in [-0.15, -0.1) is 0 Å². The minimum absolute atomic E-state index is 0.324. The molecule has 0 radical (unpaired) electrons. The van der Waals surface area contributed by atoms with Gasteiger partial charge < -0.3 is 14.7 Å². The zero-order valence-electron chi connectivity index (χ0n) is 19.8. The van der Waals surface area contributed by atoms with Crippen molar-refractivity contribution in [3.63, 3.8) is 0 Å². The van der Waals surface area contributed by atoms with Crippen molar-refractivity contribution in [3.05, 3.63) is 71.3 Å². The molecule has 2 aliphatic rings. The second-order valence-electron chi connectivity index (χ2n) is 10.0. The Hall–Kier alpha value is -2.35. The topological polar surface area (TPSA) is 35.9 Å². The molecule has 1 fully saturated rings. The van der Waals surface area contributed by atoms with E-state index in [1.54, 1.807) is 24.8 Å². The summed E-state index contributed by atoms with van der Waals surface area (Å²) >= 11 is 0. The summed E-state index contributed by atoms with van der Waals surface area (Å²) in [5, 5.41) is 11.1. The van der Waals surface area contributed by atoms with Crippen LogP contribution in [0.3, 0.4) is 0 Å². The van der Waals surface area contributed by atoms with E-state index < -0.39 is 30.2 Å². The van der Waals surface area contributed by atoms with E-state index in [4.69, 9.17) is 4.74 Å². The van der Waals surface area contributed by atoms with Crippen molar-refractivity contribution in [1.29, 1.82) is 0 Å². The van der Waals surface area contributed by atoms with E-state index >= 15 is 0 Å². The third-order valence-electron chi connectivity index (χ3n) is 6.83. The number of ether oxygens (including phenoxy) is 1. The van der Waals surface area contributed by atoms with E-state index in [1.165, 1.54) is 0 Å². The molecule has 4 rings (SSSR count). The number of aliphatic hydroxyl groups is 1. The van der Waals surface area contributed by atoms with Crippen LogP contribution >= 0.6 is 0 Å². The van der Waals surface area contributed by atoms with Gasteiger partial charge in [-0.25, -0.2) is 0 Å². The molecular formula is C27H33F3N2O2. The maximum absolute atomic E-state index is 14.4. The Morgan fingerprint density at radius 2 is 1.74 bits per heavy atom. The van der Waals surface area contributed by atoms with Gasteiger partial charge in [0.1, 0.15) is 0 Å². The number of morpholine rings is 1. The van der Waals surface area contributed by atoms with Gasteiger partial charge in [-0.1, -0.05) is 68.5 Å². The summed E-state index contributed by atoms with van der Waals surface area (Å²) in [4.78, 5) is 3.90. The maximum Gasteiger partial charge on any atom is 0.418 e. The predicted molar refractivity (Wildman–Crippen MR) is 129 cm³/mol. The van der Waals surface area contributed by atoms with Crippen molar-refractivity contribution in [2.75, 3.05) is 44.3 Å². The van der Waals surface area contributed by atoms with Crippen molar-refractivity contribution in [2.24, 2.45) is 0 Å². The Kier molecular flexibility index (Phi) is 7.08. The second-order valence-corrected chi connectivity index (χ2v) is 10.0. The number of alkyl halides is 3. The van der Waals surface area contributed by atoms with Gasteiger partial charge in [0.05, 0.1) is 19.8 Å². The molecule has 1 atom stereocenters. The summed E-state index contributed by atoms with van der Waals surface area (Å²) in [6, 6.07) is 15.1. The lowest BCUT2D eigenvalue weighted by Crippen LogP contribution is -2.56.